The van der Waals surface area contributed by atoms with Gasteiger partial charge in [0.2, 0.25) is 11.8 Å². The highest BCUT2D eigenvalue weighted by atomic mass is 35.5. The van der Waals surface area contributed by atoms with Crippen LogP contribution in [0, 0.1) is 0 Å². The second kappa shape index (κ2) is 9.83. The molecule has 0 spiro atoms. The van der Waals surface area contributed by atoms with E-state index in [1.807, 2.05) is 26.0 Å². The first-order valence-electron chi connectivity index (χ1n) is 10.4. The number of amides is 2. The van der Waals surface area contributed by atoms with Gasteiger partial charge in [-0.3, -0.25) is 9.59 Å². The third-order valence-corrected chi connectivity index (χ3v) is 7.41. The maximum absolute atomic E-state index is 12.7. The quantitative estimate of drug-likeness (QED) is 0.650. The van der Waals surface area contributed by atoms with Gasteiger partial charge in [0.25, 0.3) is 0 Å². The van der Waals surface area contributed by atoms with E-state index in [-0.39, 0.29) is 34.9 Å². The summed E-state index contributed by atoms with van der Waals surface area (Å²) in [4.78, 5) is 26.2. The molecule has 3 rings (SSSR count). The Labute approximate surface area is 188 Å². The molecule has 2 amide bonds. The number of anilines is 1. The van der Waals surface area contributed by atoms with Gasteiger partial charge in [0, 0.05) is 36.1 Å². The third-order valence-electron chi connectivity index (χ3n) is 5.44. The summed E-state index contributed by atoms with van der Waals surface area (Å²) < 4.78 is 25.5. The van der Waals surface area contributed by atoms with Crippen LogP contribution >= 0.6 is 11.6 Å². The lowest BCUT2D eigenvalue weighted by Gasteiger charge is -2.22. The number of hydrogen-bond acceptors (Lipinski definition) is 4. The molecule has 6 nitrogen and oxygen atoms in total. The monoisotopic (exact) mass is 462 g/mol. The van der Waals surface area contributed by atoms with E-state index in [1.54, 1.807) is 29.2 Å². The Morgan fingerprint density at radius 2 is 1.87 bits per heavy atom. The molecular formula is C23H27ClN2O4S. The van der Waals surface area contributed by atoms with Gasteiger partial charge in [-0.1, -0.05) is 30.7 Å². The zero-order chi connectivity index (χ0) is 22.6. The first kappa shape index (κ1) is 23.3. The van der Waals surface area contributed by atoms with Crippen LogP contribution in [0.4, 0.5) is 5.69 Å². The fourth-order valence-electron chi connectivity index (χ4n) is 3.78. The lowest BCUT2D eigenvalue weighted by molar-refractivity contribution is -0.120. The second-order valence-corrected chi connectivity index (χ2v) is 10.3. The summed E-state index contributed by atoms with van der Waals surface area (Å²) in [7, 11) is -3.60. The van der Waals surface area contributed by atoms with E-state index >= 15 is 0 Å². The molecule has 0 saturated carbocycles. The molecule has 0 radical (unpaired) electrons. The van der Waals surface area contributed by atoms with Crippen LogP contribution in [0.2, 0.25) is 5.02 Å². The molecule has 2 aromatic rings. The van der Waals surface area contributed by atoms with Crippen molar-refractivity contribution in [3.05, 3.63) is 58.6 Å². The molecule has 8 heteroatoms. The Bertz CT molecular complexity index is 1070. The van der Waals surface area contributed by atoms with E-state index in [2.05, 4.69) is 5.32 Å². The Balaban J connectivity index is 1.56. The number of rotatable bonds is 8. The Hall–Kier alpha value is -2.38. The molecule has 0 bridgehead atoms. The Morgan fingerprint density at radius 1 is 1.16 bits per heavy atom. The van der Waals surface area contributed by atoms with Crippen LogP contribution in [-0.2, 0) is 32.3 Å². The number of carbonyl (C=O) groups is 2. The molecule has 1 heterocycles. The number of fused-ring (bicyclic) bond motifs is 1. The molecule has 0 unspecified atom stereocenters. The number of hydrogen-bond donors (Lipinski definition) is 1. The average Bonchev–Trinajstić information content (AvgIpc) is 3.08. The molecule has 1 atom stereocenters. The van der Waals surface area contributed by atoms with E-state index < -0.39 is 9.84 Å². The summed E-state index contributed by atoms with van der Waals surface area (Å²) in [5.74, 6) is -0.532. The molecule has 0 saturated heterocycles. The molecular weight excluding hydrogens is 436 g/mol. The highest BCUT2D eigenvalue weighted by Crippen LogP contribution is 2.34. The van der Waals surface area contributed by atoms with Crippen molar-refractivity contribution in [3.63, 3.8) is 0 Å². The van der Waals surface area contributed by atoms with E-state index in [1.165, 1.54) is 6.07 Å². The van der Waals surface area contributed by atoms with Gasteiger partial charge >= 0.3 is 0 Å². The van der Waals surface area contributed by atoms with Crippen molar-refractivity contribution in [2.45, 2.75) is 50.5 Å². The summed E-state index contributed by atoms with van der Waals surface area (Å²) >= 11 is 5.85. The molecule has 0 fully saturated rings. The van der Waals surface area contributed by atoms with E-state index in [0.29, 0.717) is 30.8 Å². The zero-order valence-corrected chi connectivity index (χ0v) is 19.3. The van der Waals surface area contributed by atoms with Gasteiger partial charge in [-0.05, 0) is 61.2 Å². The SMILES string of the molecule is CCC(=O)N1c2ccc(S(=O)(=O)CCC(=O)NCCc3ccc(Cl)cc3)cc2C[C@@H]1C. The van der Waals surface area contributed by atoms with Crippen molar-refractivity contribution in [1.82, 2.24) is 5.32 Å². The summed E-state index contributed by atoms with van der Waals surface area (Å²) in [6.07, 6.45) is 1.56. The minimum absolute atomic E-state index is 0.00632. The predicted octanol–water partition coefficient (Wildman–Crippen LogP) is 3.55. The normalized spacial score (nSPS) is 15.6. The highest BCUT2D eigenvalue weighted by molar-refractivity contribution is 7.91. The maximum atomic E-state index is 12.7. The van der Waals surface area contributed by atoms with Gasteiger partial charge in [-0.25, -0.2) is 8.42 Å². The lowest BCUT2D eigenvalue weighted by Crippen LogP contribution is -2.35. The van der Waals surface area contributed by atoms with Crippen molar-refractivity contribution in [2.75, 3.05) is 17.2 Å². The first-order chi connectivity index (χ1) is 14.7. The predicted molar refractivity (Wildman–Crippen MR) is 122 cm³/mol. The van der Waals surface area contributed by atoms with E-state index in [4.69, 9.17) is 11.6 Å². The van der Waals surface area contributed by atoms with Gasteiger partial charge in [0.05, 0.1) is 10.6 Å². The standard InChI is InChI=1S/C23H27ClN2O4S/c1-3-23(28)26-16(2)14-18-15-20(8-9-21(18)26)31(29,30)13-11-22(27)25-12-10-17-4-6-19(24)7-5-17/h4-9,15-16H,3,10-14H2,1-2H3,(H,25,27)/t16-/m0/s1. The second-order valence-electron chi connectivity index (χ2n) is 7.76. The maximum Gasteiger partial charge on any atom is 0.226 e. The van der Waals surface area contributed by atoms with Crippen molar-refractivity contribution in [1.29, 1.82) is 0 Å². The number of sulfone groups is 1. The minimum Gasteiger partial charge on any atom is -0.356 e. The van der Waals surface area contributed by atoms with Crippen molar-refractivity contribution < 1.29 is 18.0 Å². The zero-order valence-electron chi connectivity index (χ0n) is 17.7. The average molecular weight is 463 g/mol. The number of halogens is 1. The molecule has 1 N–H and O–H groups in total. The largest absolute Gasteiger partial charge is 0.356 e. The Kier molecular flexibility index (Phi) is 7.38. The van der Waals surface area contributed by atoms with Crippen molar-refractivity contribution in [3.8, 4) is 0 Å². The first-order valence-corrected chi connectivity index (χ1v) is 12.4. The summed E-state index contributed by atoms with van der Waals surface area (Å²) in [6, 6.07) is 12.2. The summed E-state index contributed by atoms with van der Waals surface area (Å²) in [6.45, 7) is 4.20. The van der Waals surface area contributed by atoms with Crippen molar-refractivity contribution in [2.24, 2.45) is 0 Å². The molecule has 166 valence electrons. The molecule has 1 aliphatic heterocycles. The molecule has 1 aliphatic rings. The van der Waals surface area contributed by atoms with Gasteiger partial charge in [0.15, 0.2) is 9.84 Å². The van der Waals surface area contributed by atoms with Crippen LogP contribution in [-0.4, -0.2) is 38.6 Å². The molecule has 0 aliphatic carbocycles. The number of nitrogens with zero attached hydrogens (tertiary/aromatic N) is 1. The topological polar surface area (TPSA) is 83.6 Å². The number of nitrogens with one attached hydrogen (secondary N) is 1. The van der Waals surface area contributed by atoms with Gasteiger partial charge in [0.1, 0.15) is 0 Å². The van der Waals surface area contributed by atoms with Crippen LogP contribution in [0.5, 0.6) is 0 Å². The summed E-state index contributed by atoms with van der Waals surface area (Å²) in [5.41, 5.74) is 2.67. The number of carbonyl (C=O) groups excluding carboxylic acids is 2. The summed E-state index contributed by atoms with van der Waals surface area (Å²) in [5, 5.41) is 3.42. The van der Waals surface area contributed by atoms with E-state index in [0.717, 1.165) is 16.8 Å². The van der Waals surface area contributed by atoms with Crippen LogP contribution in [0.3, 0.4) is 0 Å². The Morgan fingerprint density at radius 3 is 2.55 bits per heavy atom. The van der Waals surface area contributed by atoms with Crippen LogP contribution in [0.25, 0.3) is 0 Å². The van der Waals surface area contributed by atoms with Gasteiger partial charge < -0.3 is 10.2 Å². The highest BCUT2D eigenvalue weighted by Gasteiger charge is 2.31. The van der Waals surface area contributed by atoms with E-state index in [9.17, 15) is 18.0 Å². The smallest absolute Gasteiger partial charge is 0.226 e. The van der Waals surface area contributed by atoms with Crippen LogP contribution < -0.4 is 10.2 Å². The molecule has 2 aromatic carbocycles. The molecule has 31 heavy (non-hydrogen) atoms. The molecule has 0 aromatic heterocycles. The fourth-order valence-corrected chi connectivity index (χ4v) is 5.19. The van der Waals surface area contributed by atoms with Crippen LogP contribution in [0.15, 0.2) is 47.4 Å². The lowest BCUT2D eigenvalue weighted by atomic mass is 10.1. The fraction of sp³-hybridized carbons (Fsp3) is 0.391. The minimum atomic E-state index is -3.60. The third kappa shape index (κ3) is 5.66. The van der Waals surface area contributed by atoms with Gasteiger partial charge in [-0.15, -0.1) is 0 Å². The van der Waals surface area contributed by atoms with Gasteiger partial charge in [-0.2, -0.15) is 0 Å². The van der Waals surface area contributed by atoms with Crippen molar-refractivity contribution >= 4 is 38.9 Å². The number of benzene rings is 2. The van der Waals surface area contributed by atoms with Crippen LogP contribution in [0.1, 0.15) is 37.8 Å².